The van der Waals surface area contributed by atoms with Gasteiger partial charge in [-0.05, 0) is 56.3 Å². The lowest BCUT2D eigenvalue weighted by molar-refractivity contribution is 0.211. The lowest BCUT2D eigenvalue weighted by Crippen LogP contribution is -2.39. The Morgan fingerprint density at radius 2 is 2.00 bits per heavy atom. The highest BCUT2D eigenvalue weighted by atomic mass is 14.9. The van der Waals surface area contributed by atoms with E-state index in [0.29, 0.717) is 0 Å². The fourth-order valence-electron chi connectivity index (χ4n) is 4.61. The summed E-state index contributed by atoms with van der Waals surface area (Å²) in [5.74, 6) is 4.30. The zero-order valence-electron chi connectivity index (χ0n) is 9.84. The van der Waals surface area contributed by atoms with Crippen LogP contribution in [0.3, 0.4) is 0 Å². The molecule has 3 aliphatic carbocycles. The van der Waals surface area contributed by atoms with Crippen molar-refractivity contribution in [3.8, 4) is 0 Å². The Bertz CT molecular complexity index is 271. The van der Waals surface area contributed by atoms with Crippen molar-refractivity contribution < 1.29 is 0 Å². The molecule has 15 heavy (non-hydrogen) atoms. The third kappa shape index (κ3) is 1.56. The maximum Gasteiger partial charge on any atom is 0.0161 e. The molecule has 1 nitrogen and oxygen atoms in total. The van der Waals surface area contributed by atoms with Gasteiger partial charge in [0.1, 0.15) is 0 Å². The maximum absolute atomic E-state index is 3.98. The average molecular weight is 205 g/mol. The van der Waals surface area contributed by atoms with Crippen molar-refractivity contribution in [3.05, 3.63) is 12.2 Å². The van der Waals surface area contributed by atoms with E-state index >= 15 is 0 Å². The van der Waals surface area contributed by atoms with Gasteiger partial charge in [0.05, 0.1) is 0 Å². The Morgan fingerprint density at radius 3 is 2.80 bits per heavy atom. The van der Waals surface area contributed by atoms with Crippen LogP contribution in [-0.2, 0) is 0 Å². The number of hydrogen-bond donors (Lipinski definition) is 1. The Kier molecular flexibility index (Phi) is 2.39. The molecule has 0 amide bonds. The quantitative estimate of drug-likeness (QED) is 0.698. The summed E-state index contributed by atoms with van der Waals surface area (Å²) < 4.78 is 0. The largest absolute Gasteiger partial charge is 0.310 e. The first-order valence-corrected chi connectivity index (χ1v) is 6.63. The fourth-order valence-corrected chi connectivity index (χ4v) is 4.61. The highest BCUT2D eigenvalue weighted by Gasteiger charge is 2.53. The van der Waals surface area contributed by atoms with Crippen molar-refractivity contribution in [2.45, 2.75) is 45.1 Å². The molecule has 3 rings (SSSR count). The monoisotopic (exact) mass is 205 g/mol. The standard InChI is InChI=1S/C14H23N/c1-9(2)8-15-14-7-10-6-13(14)12-5-3-4-11(10)12/h10-15H,1,3-8H2,2H3. The summed E-state index contributed by atoms with van der Waals surface area (Å²) in [5.41, 5.74) is 1.28. The maximum atomic E-state index is 3.98. The first-order chi connectivity index (χ1) is 7.25. The molecular formula is C14H23N. The highest BCUT2D eigenvalue weighted by molar-refractivity contribution is 5.06. The minimum atomic E-state index is 0.825. The normalized spacial score (nSPS) is 47.1. The highest BCUT2D eigenvalue weighted by Crippen LogP contribution is 2.58. The van der Waals surface area contributed by atoms with Gasteiger partial charge in [0.15, 0.2) is 0 Å². The van der Waals surface area contributed by atoms with Crippen LogP contribution in [0.4, 0.5) is 0 Å². The molecule has 0 aliphatic heterocycles. The van der Waals surface area contributed by atoms with Crippen molar-refractivity contribution in [3.63, 3.8) is 0 Å². The smallest absolute Gasteiger partial charge is 0.0161 e. The first kappa shape index (κ1) is 9.89. The molecule has 0 saturated heterocycles. The van der Waals surface area contributed by atoms with Gasteiger partial charge in [0, 0.05) is 12.6 Å². The molecule has 0 radical (unpaired) electrons. The van der Waals surface area contributed by atoms with Gasteiger partial charge in [0.2, 0.25) is 0 Å². The molecule has 3 aliphatic rings. The zero-order chi connectivity index (χ0) is 10.4. The lowest BCUT2D eigenvalue weighted by Gasteiger charge is -2.32. The van der Waals surface area contributed by atoms with Gasteiger partial charge >= 0.3 is 0 Å². The van der Waals surface area contributed by atoms with Gasteiger partial charge in [-0.15, -0.1) is 0 Å². The van der Waals surface area contributed by atoms with Gasteiger partial charge in [0.25, 0.3) is 0 Å². The minimum absolute atomic E-state index is 0.825. The Balaban J connectivity index is 1.63. The lowest BCUT2D eigenvalue weighted by atomic mass is 9.79. The van der Waals surface area contributed by atoms with Crippen LogP contribution >= 0.6 is 0 Å². The molecule has 5 unspecified atom stereocenters. The molecule has 2 bridgehead atoms. The van der Waals surface area contributed by atoms with Gasteiger partial charge in [-0.2, -0.15) is 0 Å². The molecule has 0 aromatic carbocycles. The molecular weight excluding hydrogens is 182 g/mol. The average Bonchev–Trinajstić information content (AvgIpc) is 2.86. The van der Waals surface area contributed by atoms with Crippen molar-refractivity contribution >= 4 is 0 Å². The molecule has 3 saturated carbocycles. The fraction of sp³-hybridized carbons (Fsp3) is 0.857. The summed E-state index contributed by atoms with van der Waals surface area (Å²) in [6, 6.07) is 0.825. The van der Waals surface area contributed by atoms with E-state index < -0.39 is 0 Å². The van der Waals surface area contributed by atoms with E-state index in [1.165, 1.54) is 31.3 Å². The Labute approximate surface area is 93.3 Å². The minimum Gasteiger partial charge on any atom is -0.310 e. The SMILES string of the molecule is C=C(C)CNC1CC2CC1C1CCCC21. The summed E-state index contributed by atoms with van der Waals surface area (Å²) in [7, 11) is 0. The van der Waals surface area contributed by atoms with Crippen molar-refractivity contribution in [1.82, 2.24) is 5.32 Å². The predicted octanol–water partition coefficient (Wildman–Crippen LogP) is 2.98. The second-order valence-corrected chi connectivity index (χ2v) is 6.10. The van der Waals surface area contributed by atoms with Crippen LogP contribution in [0.5, 0.6) is 0 Å². The molecule has 5 atom stereocenters. The van der Waals surface area contributed by atoms with Crippen LogP contribution in [0.15, 0.2) is 12.2 Å². The number of rotatable bonds is 3. The van der Waals surface area contributed by atoms with Crippen molar-refractivity contribution in [1.29, 1.82) is 0 Å². The van der Waals surface area contributed by atoms with E-state index in [9.17, 15) is 0 Å². The van der Waals surface area contributed by atoms with E-state index in [4.69, 9.17) is 0 Å². The van der Waals surface area contributed by atoms with E-state index in [-0.39, 0.29) is 0 Å². The van der Waals surface area contributed by atoms with Crippen molar-refractivity contribution in [2.75, 3.05) is 6.54 Å². The third-order valence-electron chi connectivity index (χ3n) is 5.09. The van der Waals surface area contributed by atoms with Crippen molar-refractivity contribution in [2.24, 2.45) is 23.7 Å². The van der Waals surface area contributed by atoms with Crippen LogP contribution in [0, 0.1) is 23.7 Å². The second kappa shape index (κ2) is 3.62. The summed E-state index contributed by atoms with van der Waals surface area (Å²) in [6.45, 7) is 7.14. The van der Waals surface area contributed by atoms with E-state index in [0.717, 1.165) is 36.3 Å². The first-order valence-electron chi connectivity index (χ1n) is 6.63. The third-order valence-corrected chi connectivity index (χ3v) is 5.09. The number of fused-ring (bicyclic) bond motifs is 5. The van der Waals surface area contributed by atoms with E-state index in [1.807, 2.05) is 0 Å². The molecule has 1 heteroatoms. The Hall–Kier alpha value is -0.300. The van der Waals surface area contributed by atoms with E-state index in [1.54, 1.807) is 6.42 Å². The van der Waals surface area contributed by atoms with Gasteiger partial charge in [-0.25, -0.2) is 0 Å². The molecule has 0 heterocycles. The van der Waals surface area contributed by atoms with Gasteiger partial charge in [-0.1, -0.05) is 18.6 Å². The molecule has 1 N–H and O–H groups in total. The zero-order valence-corrected chi connectivity index (χ0v) is 9.84. The Morgan fingerprint density at radius 1 is 1.20 bits per heavy atom. The number of hydrogen-bond acceptors (Lipinski definition) is 1. The van der Waals surface area contributed by atoms with E-state index in [2.05, 4.69) is 18.8 Å². The topological polar surface area (TPSA) is 12.0 Å². The molecule has 0 aromatic heterocycles. The van der Waals surface area contributed by atoms with Crippen LogP contribution in [0.1, 0.15) is 39.0 Å². The molecule has 84 valence electrons. The van der Waals surface area contributed by atoms with Crippen LogP contribution < -0.4 is 5.32 Å². The summed E-state index contributed by atoms with van der Waals surface area (Å²) >= 11 is 0. The summed E-state index contributed by atoms with van der Waals surface area (Å²) in [6.07, 6.45) is 7.56. The number of nitrogens with one attached hydrogen (secondary N) is 1. The van der Waals surface area contributed by atoms with Crippen LogP contribution in [-0.4, -0.2) is 12.6 Å². The van der Waals surface area contributed by atoms with Crippen LogP contribution in [0.25, 0.3) is 0 Å². The van der Waals surface area contributed by atoms with Gasteiger partial charge < -0.3 is 5.32 Å². The second-order valence-electron chi connectivity index (χ2n) is 6.10. The summed E-state index contributed by atoms with van der Waals surface area (Å²) in [4.78, 5) is 0. The van der Waals surface area contributed by atoms with Gasteiger partial charge in [-0.3, -0.25) is 0 Å². The van der Waals surface area contributed by atoms with Crippen LogP contribution in [0.2, 0.25) is 0 Å². The summed E-state index contributed by atoms with van der Waals surface area (Å²) in [5, 5.41) is 3.73. The predicted molar refractivity (Wildman–Crippen MR) is 63.6 cm³/mol. The molecule has 0 spiro atoms. The molecule has 3 fully saturated rings. The molecule has 0 aromatic rings.